The fourth-order valence-corrected chi connectivity index (χ4v) is 1.47. The first-order valence-electron chi connectivity index (χ1n) is 6.15. The van der Waals surface area contributed by atoms with Gasteiger partial charge >= 0.3 is 18.2 Å². The molecule has 21 heavy (non-hydrogen) atoms. The van der Waals surface area contributed by atoms with E-state index < -0.39 is 29.7 Å². The average Bonchev–Trinajstić information content (AvgIpc) is 2.37. The predicted octanol–water partition coefficient (Wildman–Crippen LogP) is 2.94. The number of urea groups is 1. The summed E-state index contributed by atoms with van der Waals surface area (Å²) in [5.41, 5.74) is -0.853. The van der Waals surface area contributed by atoms with Gasteiger partial charge in [-0.2, -0.15) is 13.2 Å². The minimum absolute atomic E-state index is 0.00797. The molecule has 3 N–H and O–H groups in total. The summed E-state index contributed by atoms with van der Waals surface area (Å²) in [5, 5.41) is 13.3. The highest BCUT2D eigenvalue weighted by molar-refractivity contribution is 5.89. The molecule has 0 heterocycles. The number of aliphatic carboxylic acids is 1. The summed E-state index contributed by atoms with van der Waals surface area (Å²) >= 11 is 0. The molecule has 0 aliphatic heterocycles. The van der Waals surface area contributed by atoms with Crippen LogP contribution >= 0.6 is 0 Å². The van der Waals surface area contributed by atoms with Crippen molar-refractivity contribution in [1.82, 2.24) is 5.32 Å². The Bertz CT molecular complexity index is 518. The molecule has 1 atom stereocenters. The Balaban J connectivity index is 2.50. The SMILES string of the molecule is CC(CCNC(=O)Nc1cccc(C(F)(F)F)c1)C(=O)O. The summed E-state index contributed by atoms with van der Waals surface area (Å²) < 4.78 is 37.5. The normalized spacial score (nSPS) is 12.6. The smallest absolute Gasteiger partial charge is 0.416 e. The van der Waals surface area contributed by atoms with Gasteiger partial charge in [-0.25, -0.2) is 4.79 Å². The highest BCUT2D eigenvalue weighted by atomic mass is 19.4. The minimum atomic E-state index is -4.48. The van der Waals surface area contributed by atoms with Crippen molar-refractivity contribution in [2.24, 2.45) is 5.92 Å². The number of carbonyl (C=O) groups is 2. The van der Waals surface area contributed by atoms with Crippen molar-refractivity contribution < 1.29 is 27.9 Å². The number of halogens is 3. The van der Waals surface area contributed by atoms with Crippen LogP contribution in [0, 0.1) is 5.92 Å². The number of hydrogen-bond acceptors (Lipinski definition) is 2. The molecule has 0 aromatic heterocycles. The predicted molar refractivity (Wildman–Crippen MR) is 69.9 cm³/mol. The third-order valence-corrected chi connectivity index (χ3v) is 2.73. The molecule has 1 aromatic carbocycles. The summed E-state index contributed by atoms with van der Waals surface area (Å²) in [7, 11) is 0. The second-order valence-corrected chi connectivity index (χ2v) is 4.49. The summed E-state index contributed by atoms with van der Waals surface area (Å²) in [4.78, 5) is 22.0. The minimum Gasteiger partial charge on any atom is -0.481 e. The third-order valence-electron chi connectivity index (χ3n) is 2.73. The number of carboxylic acids is 1. The number of amides is 2. The summed E-state index contributed by atoms with van der Waals surface area (Å²) in [6.07, 6.45) is -4.25. The maximum atomic E-state index is 12.5. The molecule has 5 nitrogen and oxygen atoms in total. The van der Waals surface area contributed by atoms with Gasteiger partial charge in [0.05, 0.1) is 11.5 Å². The number of benzene rings is 1. The number of hydrogen-bond donors (Lipinski definition) is 3. The van der Waals surface area contributed by atoms with E-state index in [1.165, 1.54) is 19.1 Å². The van der Waals surface area contributed by atoms with E-state index in [0.717, 1.165) is 12.1 Å². The lowest BCUT2D eigenvalue weighted by Gasteiger charge is -2.11. The van der Waals surface area contributed by atoms with E-state index in [1.54, 1.807) is 0 Å². The molecule has 2 amide bonds. The Kier molecular flexibility index (Phi) is 5.57. The van der Waals surface area contributed by atoms with Gasteiger partial charge in [-0.15, -0.1) is 0 Å². The molecular weight excluding hydrogens is 289 g/mol. The van der Waals surface area contributed by atoms with E-state index in [1.807, 2.05) is 0 Å². The number of carbonyl (C=O) groups excluding carboxylic acids is 1. The molecule has 0 fully saturated rings. The van der Waals surface area contributed by atoms with E-state index in [-0.39, 0.29) is 18.7 Å². The summed E-state index contributed by atoms with van der Waals surface area (Å²) in [6.45, 7) is 1.60. The Morgan fingerprint density at radius 1 is 1.33 bits per heavy atom. The largest absolute Gasteiger partial charge is 0.481 e. The molecule has 0 aliphatic carbocycles. The average molecular weight is 304 g/mol. The molecule has 0 aliphatic rings. The Hall–Kier alpha value is -2.25. The second-order valence-electron chi connectivity index (χ2n) is 4.49. The zero-order valence-electron chi connectivity index (χ0n) is 11.2. The van der Waals surface area contributed by atoms with Crippen molar-refractivity contribution >= 4 is 17.7 Å². The molecule has 0 radical (unpaired) electrons. The molecule has 0 spiro atoms. The van der Waals surface area contributed by atoms with Crippen LogP contribution in [-0.4, -0.2) is 23.7 Å². The Morgan fingerprint density at radius 2 is 2.00 bits per heavy atom. The van der Waals surface area contributed by atoms with Gasteiger partial charge in [0.1, 0.15) is 0 Å². The van der Waals surface area contributed by atoms with Crippen LogP contribution in [0.2, 0.25) is 0 Å². The van der Waals surface area contributed by atoms with E-state index in [4.69, 9.17) is 5.11 Å². The molecule has 1 rings (SSSR count). The first-order chi connectivity index (χ1) is 9.70. The van der Waals surface area contributed by atoms with E-state index in [0.29, 0.717) is 0 Å². The van der Waals surface area contributed by atoms with Gasteiger partial charge < -0.3 is 15.7 Å². The highest BCUT2D eigenvalue weighted by Crippen LogP contribution is 2.30. The first-order valence-corrected chi connectivity index (χ1v) is 6.15. The molecule has 8 heteroatoms. The quantitative estimate of drug-likeness (QED) is 0.782. The third kappa shape index (κ3) is 5.72. The van der Waals surface area contributed by atoms with Crippen molar-refractivity contribution in [2.75, 3.05) is 11.9 Å². The van der Waals surface area contributed by atoms with Crippen molar-refractivity contribution in [1.29, 1.82) is 0 Å². The summed E-state index contributed by atoms with van der Waals surface area (Å²) in [5.74, 6) is -1.59. The molecule has 116 valence electrons. The van der Waals surface area contributed by atoms with Crippen LogP contribution in [0.15, 0.2) is 24.3 Å². The van der Waals surface area contributed by atoms with Crippen LogP contribution < -0.4 is 10.6 Å². The number of nitrogens with one attached hydrogen (secondary N) is 2. The highest BCUT2D eigenvalue weighted by Gasteiger charge is 2.30. The van der Waals surface area contributed by atoms with Gasteiger partial charge in [-0.1, -0.05) is 13.0 Å². The number of rotatable bonds is 5. The summed E-state index contributed by atoms with van der Waals surface area (Å²) in [6, 6.07) is 3.54. The first kappa shape index (κ1) is 16.8. The van der Waals surface area contributed by atoms with Crippen LogP contribution in [-0.2, 0) is 11.0 Å². The maximum Gasteiger partial charge on any atom is 0.416 e. The fraction of sp³-hybridized carbons (Fsp3) is 0.385. The Labute approximate surface area is 119 Å². The Morgan fingerprint density at radius 3 is 2.57 bits per heavy atom. The zero-order valence-corrected chi connectivity index (χ0v) is 11.2. The van der Waals surface area contributed by atoms with E-state index in [9.17, 15) is 22.8 Å². The van der Waals surface area contributed by atoms with Gasteiger partial charge in [0, 0.05) is 12.2 Å². The number of carboxylic acid groups (broad SMARTS) is 1. The van der Waals surface area contributed by atoms with Gasteiger partial charge in [0.2, 0.25) is 0 Å². The molecular formula is C13H15F3N2O3. The monoisotopic (exact) mass is 304 g/mol. The number of alkyl halides is 3. The van der Waals surface area contributed by atoms with Gasteiger partial charge in [0.15, 0.2) is 0 Å². The van der Waals surface area contributed by atoms with Crippen molar-refractivity contribution in [2.45, 2.75) is 19.5 Å². The van der Waals surface area contributed by atoms with Crippen molar-refractivity contribution in [3.05, 3.63) is 29.8 Å². The second kappa shape index (κ2) is 6.96. The van der Waals surface area contributed by atoms with Crippen LogP contribution in [0.5, 0.6) is 0 Å². The molecule has 0 bridgehead atoms. The lowest BCUT2D eigenvalue weighted by molar-refractivity contribution is -0.141. The van der Waals surface area contributed by atoms with Crippen LogP contribution in [0.4, 0.5) is 23.7 Å². The van der Waals surface area contributed by atoms with E-state index in [2.05, 4.69) is 10.6 Å². The standard InChI is InChI=1S/C13H15F3N2O3/c1-8(11(19)20)5-6-17-12(21)18-10-4-2-3-9(7-10)13(14,15)16/h2-4,7-8H,5-6H2,1H3,(H,19,20)(H2,17,18,21). The molecule has 1 aromatic rings. The van der Waals surface area contributed by atoms with Crippen molar-refractivity contribution in [3.63, 3.8) is 0 Å². The van der Waals surface area contributed by atoms with E-state index >= 15 is 0 Å². The molecule has 1 unspecified atom stereocenters. The lowest BCUT2D eigenvalue weighted by Crippen LogP contribution is -2.31. The topological polar surface area (TPSA) is 78.4 Å². The van der Waals surface area contributed by atoms with Crippen molar-refractivity contribution in [3.8, 4) is 0 Å². The van der Waals surface area contributed by atoms with Gasteiger partial charge in [-0.3, -0.25) is 4.79 Å². The molecule has 0 saturated heterocycles. The number of anilines is 1. The van der Waals surface area contributed by atoms with Crippen LogP contribution in [0.1, 0.15) is 18.9 Å². The maximum absolute atomic E-state index is 12.5. The molecule has 0 saturated carbocycles. The van der Waals surface area contributed by atoms with Gasteiger partial charge in [-0.05, 0) is 24.6 Å². The fourth-order valence-electron chi connectivity index (χ4n) is 1.47. The van der Waals surface area contributed by atoms with Crippen LogP contribution in [0.3, 0.4) is 0 Å². The van der Waals surface area contributed by atoms with Crippen LogP contribution in [0.25, 0.3) is 0 Å². The lowest BCUT2D eigenvalue weighted by atomic mass is 10.1. The zero-order chi connectivity index (χ0) is 16.0. The van der Waals surface area contributed by atoms with Gasteiger partial charge in [0.25, 0.3) is 0 Å².